The number of nitrogens with zero attached hydrogens (tertiary/aromatic N) is 2. The zero-order chi connectivity index (χ0) is 19.7. The van der Waals surface area contributed by atoms with Gasteiger partial charge in [-0.05, 0) is 49.1 Å². The highest BCUT2D eigenvalue weighted by Gasteiger charge is 2.37. The van der Waals surface area contributed by atoms with E-state index in [2.05, 4.69) is 12.1 Å². The minimum atomic E-state index is -0.272. The third-order valence-electron chi connectivity index (χ3n) is 5.73. The Hall–Kier alpha value is -2.82. The Balaban J connectivity index is 1.47. The van der Waals surface area contributed by atoms with Crippen molar-refractivity contribution < 1.29 is 14.3 Å². The average Bonchev–Trinajstić information content (AvgIpc) is 3.08. The molecule has 146 valence electrons. The van der Waals surface area contributed by atoms with Gasteiger partial charge >= 0.3 is 0 Å². The second-order valence-corrected chi connectivity index (χ2v) is 7.75. The van der Waals surface area contributed by atoms with Crippen LogP contribution in [0.4, 0.5) is 5.69 Å². The fourth-order valence-corrected chi connectivity index (χ4v) is 4.15. The van der Waals surface area contributed by atoms with Crippen molar-refractivity contribution in [3.05, 3.63) is 59.2 Å². The standard InChI is InChI=1S/C23H26N2O3/c1-16-5-7-17(8-6-16)14-24-15-19(13-22(24)26)23(27)25-11-3-4-18-12-20(28-2)9-10-21(18)25/h5-10,12,19H,3-4,11,13-15H2,1-2H3. The summed E-state index contributed by atoms with van der Waals surface area (Å²) in [7, 11) is 1.65. The minimum absolute atomic E-state index is 0.0610. The summed E-state index contributed by atoms with van der Waals surface area (Å²) in [6.07, 6.45) is 2.17. The summed E-state index contributed by atoms with van der Waals surface area (Å²) in [6.45, 7) is 3.82. The van der Waals surface area contributed by atoms with Crippen molar-refractivity contribution in [1.82, 2.24) is 4.90 Å². The van der Waals surface area contributed by atoms with Gasteiger partial charge in [-0.1, -0.05) is 29.8 Å². The molecule has 1 atom stereocenters. The Labute approximate surface area is 165 Å². The maximum absolute atomic E-state index is 13.2. The average molecular weight is 378 g/mol. The molecule has 4 rings (SSSR count). The molecule has 0 bridgehead atoms. The molecule has 1 unspecified atom stereocenters. The smallest absolute Gasteiger partial charge is 0.232 e. The van der Waals surface area contributed by atoms with E-state index in [0.29, 0.717) is 26.1 Å². The third kappa shape index (κ3) is 3.61. The molecule has 2 aromatic carbocycles. The lowest BCUT2D eigenvalue weighted by Gasteiger charge is -2.31. The molecule has 2 heterocycles. The van der Waals surface area contributed by atoms with Crippen LogP contribution in [0, 0.1) is 12.8 Å². The molecular weight excluding hydrogens is 352 g/mol. The van der Waals surface area contributed by atoms with Crippen LogP contribution in [0.25, 0.3) is 0 Å². The molecule has 5 nitrogen and oxygen atoms in total. The first-order valence-corrected chi connectivity index (χ1v) is 9.87. The quantitative estimate of drug-likeness (QED) is 0.820. The fourth-order valence-electron chi connectivity index (χ4n) is 4.15. The van der Waals surface area contributed by atoms with Gasteiger partial charge in [0, 0.05) is 31.7 Å². The van der Waals surface area contributed by atoms with Crippen molar-refractivity contribution in [1.29, 1.82) is 0 Å². The third-order valence-corrected chi connectivity index (χ3v) is 5.73. The van der Waals surface area contributed by atoms with E-state index in [0.717, 1.165) is 35.4 Å². The monoisotopic (exact) mass is 378 g/mol. The Morgan fingerprint density at radius 2 is 1.96 bits per heavy atom. The van der Waals surface area contributed by atoms with Crippen LogP contribution in [0.15, 0.2) is 42.5 Å². The summed E-state index contributed by atoms with van der Waals surface area (Å²) in [5.41, 5.74) is 4.40. The number of fused-ring (bicyclic) bond motifs is 1. The number of hydrogen-bond acceptors (Lipinski definition) is 3. The van der Waals surface area contributed by atoms with Crippen molar-refractivity contribution in [2.45, 2.75) is 32.7 Å². The van der Waals surface area contributed by atoms with Crippen LogP contribution in [-0.2, 0) is 22.6 Å². The lowest BCUT2D eigenvalue weighted by Crippen LogP contribution is -2.40. The first-order valence-electron chi connectivity index (χ1n) is 9.87. The lowest BCUT2D eigenvalue weighted by molar-refractivity contribution is -0.128. The highest BCUT2D eigenvalue weighted by atomic mass is 16.5. The second-order valence-electron chi connectivity index (χ2n) is 7.75. The maximum Gasteiger partial charge on any atom is 0.232 e. The first-order chi connectivity index (χ1) is 13.5. The van der Waals surface area contributed by atoms with Gasteiger partial charge in [-0.15, -0.1) is 0 Å². The van der Waals surface area contributed by atoms with E-state index in [9.17, 15) is 9.59 Å². The van der Waals surface area contributed by atoms with E-state index in [4.69, 9.17) is 4.74 Å². The van der Waals surface area contributed by atoms with E-state index in [1.54, 1.807) is 7.11 Å². The van der Waals surface area contributed by atoms with Crippen molar-refractivity contribution in [3.63, 3.8) is 0 Å². The highest BCUT2D eigenvalue weighted by molar-refractivity contribution is 5.99. The normalized spacial score (nSPS) is 18.9. The van der Waals surface area contributed by atoms with E-state index < -0.39 is 0 Å². The number of carbonyl (C=O) groups is 2. The fraction of sp³-hybridized carbons (Fsp3) is 0.391. The van der Waals surface area contributed by atoms with Crippen LogP contribution in [0.2, 0.25) is 0 Å². The Morgan fingerprint density at radius 3 is 2.71 bits per heavy atom. The summed E-state index contributed by atoms with van der Waals surface area (Å²) >= 11 is 0. The molecule has 0 radical (unpaired) electrons. The molecular formula is C23H26N2O3. The summed E-state index contributed by atoms with van der Waals surface area (Å²) in [4.78, 5) is 29.4. The predicted octanol–water partition coefficient (Wildman–Crippen LogP) is 3.33. The number of amides is 2. The maximum atomic E-state index is 13.2. The Bertz CT molecular complexity index is 891. The molecule has 0 aromatic heterocycles. The molecule has 5 heteroatoms. The number of hydrogen-bond donors (Lipinski definition) is 0. The summed E-state index contributed by atoms with van der Waals surface area (Å²) in [5.74, 6) is 0.663. The molecule has 0 N–H and O–H groups in total. The van der Waals surface area contributed by atoms with Crippen molar-refractivity contribution in [2.75, 3.05) is 25.1 Å². The molecule has 0 saturated carbocycles. The van der Waals surface area contributed by atoms with Gasteiger partial charge in [0.05, 0.1) is 13.0 Å². The molecule has 0 spiro atoms. The lowest BCUT2D eigenvalue weighted by atomic mass is 9.98. The number of benzene rings is 2. The van der Waals surface area contributed by atoms with E-state index in [-0.39, 0.29) is 17.7 Å². The van der Waals surface area contributed by atoms with Crippen LogP contribution in [0.1, 0.15) is 29.5 Å². The topological polar surface area (TPSA) is 49.9 Å². The van der Waals surface area contributed by atoms with E-state index >= 15 is 0 Å². The SMILES string of the molecule is COc1ccc2c(c1)CCCN2C(=O)C1CC(=O)N(Cc2ccc(C)cc2)C1. The van der Waals surface area contributed by atoms with Gasteiger partial charge < -0.3 is 14.5 Å². The second kappa shape index (κ2) is 7.66. The van der Waals surface area contributed by atoms with Gasteiger partial charge in [0.15, 0.2) is 0 Å². The summed E-state index contributed by atoms with van der Waals surface area (Å²) < 4.78 is 5.31. The number of methoxy groups -OCH3 is 1. The number of ether oxygens (including phenoxy) is 1. The molecule has 2 amide bonds. The highest BCUT2D eigenvalue weighted by Crippen LogP contribution is 2.33. The number of rotatable bonds is 4. The van der Waals surface area contributed by atoms with Crippen molar-refractivity contribution in [3.8, 4) is 5.75 Å². The summed E-state index contributed by atoms with van der Waals surface area (Å²) in [5, 5.41) is 0. The van der Waals surface area contributed by atoms with Gasteiger partial charge in [0.25, 0.3) is 0 Å². The van der Waals surface area contributed by atoms with Gasteiger partial charge in [0.2, 0.25) is 11.8 Å². The van der Waals surface area contributed by atoms with Gasteiger partial charge in [0.1, 0.15) is 5.75 Å². The van der Waals surface area contributed by atoms with Gasteiger partial charge in [-0.3, -0.25) is 9.59 Å². The van der Waals surface area contributed by atoms with Crippen molar-refractivity contribution in [2.24, 2.45) is 5.92 Å². The number of aryl methyl sites for hydroxylation is 2. The van der Waals surface area contributed by atoms with Crippen LogP contribution < -0.4 is 9.64 Å². The number of likely N-dealkylation sites (tertiary alicyclic amines) is 1. The molecule has 2 aliphatic rings. The molecule has 1 fully saturated rings. The van der Waals surface area contributed by atoms with Crippen LogP contribution in [0.3, 0.4) is 0 Å². The Kier molecular flexibility index (Phi) is 5.07. The predicted molar refractivity (Wildman–Crippen MR) is 108 cm³/mol. The zero-order valence-corrected chi connectivity index (χ0v) is 16.5. The largest absolute Gasteiger partial charge is 0.497 e. The van der Waals surface area contributed by atoms with Gasteiger partial charge in [-0.25, -0.2) is 0 Å². The van der Waals surface area contributed by atoms with Crippen LogP contribution >= 0.6 is 0 Å². The molecule has 28 heavy (non-hydrogen) atoms. The molecule has 2 aromatic rings. The molecule has 0 aliphatic carbocycles. The number of anilines is 1. The number of carbonyl (C=O) groups excluding carboxylic acids is 2. The van der Waals surface area contributed by atoms with Gasteiger partial charge in [-0.2, -0.15) is 0 Å². The Morgan fingerprint density at radius 1 is 1.18 bits per heavy atom. The first kappa shape index (κ1) is 18.5. The zero-order valence-electron chi connectivity index (χ0n) is 16.5. The van der Waals surface area contributed by atoms with Crippen LogP contribution in [0.5, 0.6) is 5.75 Å². The summed E-state index contributed by atoms with van der Waals surface area (Å²) in [6, 6.07) is 14.1. The van der Waals surface area contributed by atoms with E-state index in [1.807, 2.05) is 47.1 Å². The minimum Gasteiger partial charge on any atom is -0.497 e. The molecule has 1 saturated heterocycles. The molecule has 2 aliphatic heterocycles. The van der Waals surface area contributed by atoms with E-state index in [1.165, 1.54) is 5.56 Å². The van der Waals surface area contributed by atoms with Crippen LogP contribution in [-0.4, -0.2) is 36.9 Å². The van der Waals surface area contributed by atoms with Crippen molar-refractivity contribution >= 4 is 17.5 Å².